The summed E-state index contributed by atoms with van der Waals surface area (Å²) < 4.78 is 0. The molecule has 0 fully saturated rings. The molecule has 0 saturated carbocycles. The van der Waals surface area contributed by atoms with E-state index in [1.54, 1.807) is 48.5 Å². The van der Waals surface area contributed by atoms with Crippen LogP contribution in [0.1, 0.15) is 44.7 Å². The summed E-state index contributed by atoms with van der Waals surface area (Å²) in [5.41, 5.74) is 3.95. The molecule has 246 valence electrons. The fraction of sp³-hybridized carbons (Fsp3) is 0.353. The molecule has 12 heteroatoms. The number of hydrogen-bond donors (Lipinski definition) is 6. The first-order valence-corrected chi connectivity index (χ1v) is 15.3. The summed E-state index contributed by atoms with van der Waals surface area (Å²) in [6.07, 6.45) is 1.73. The maximum Gasteiger partial charge on any atom is 0.319 e. The molecule has 0 saturated heterocycles. The summed E-state index contributed by atoms with van der Waals surface area (Å²) in [4.78, 5) is 53.5. The van der Waals surface area contributed by atoms with Gasteiger partial charge in [-0.1, -0.05) is 24.3 Å². The third-order valence-corrected chi connectivity index (χ3v) is 6.87. The minimum absolute atomic E-state index is 0.257. The molecule has 0 bridgehead atoms. The number of urea groups is 2. The van der Waals surface area contributed by atoms with E-state index in [0.717, 1.165) is 37.1 Å². The van der Waals surface area contributed by atoms with Gasteiger partial charge >= 0.3 is 12.1 Å². The van der Waals surface area contributed by atoms with Gasteiger partial charge in [0.1, 0.15) is 0 Å². The molecule has 46 heavy (non-hydrogen) atoms. The molecule has 0 atom stereocenters. The van der Waals surface area contributed by atoms with Crippen LogP contribution in [0.25, 0.3) is 0 Å². The SMILES string of the molecule is CN(C)CCCNC(=O)Nc1ccc(CNC(=O)c2ccc(C(=O)NCc3ccc(NC(=O)NCCCN(C)C)cc3)cc2)cc1. The quantitative estimate of drug-likeness (QED) is 0.133. The molecule has 12 nitrogen and oxygen atoms in total. The Balaban J connectivity index is 1.37. The summed E-state index contributed by atoms with van der Waals surface area (Å²) in [6.45, 7) is 3.61. The second-order valence-electron chi connectivity index (χ2n) is 11.4. The van der Waals surface area contributed by atoms with Gasteiger partial charge in [0.05, 0.1) is 0 Å². The molecule has 0 aliphatic rings. The lowest BCUT2D eigenvalue weighted by Crippen LogP contribution is -2.31. The first-order valence-electron chi connectivity index (χ1n) is 15.3. The highest BCUT2D eigenvalue weighted by Gasteiger charge is 2.10. The van der Waals surface area contributed by atoms with Crippen molar-refractivity contribution in [1.82, 2.24) is 31.1 Å². The summed E-state index contributed by atoms with van der Waals surface area (Å²) in [7, 11) is 7.96. The van der Waals surface area contributed by atoms with Crippen molar-refractivity contribution in [3.63, 3.8) is 0 Å². The minimum Gasteiger partial charge on any atom is -0.348 e. The van der Waals surface area contributed by atoms with Crippen LogP contribution in [0.3, 0.4) is 0 Å². The summed E-state index contributed by atoms with van der Waals surface area (Å²) in [5, 5.41) is 17.0. The Kier molecular flexibility index (Phi) is 14.5. The van der Waals surface area contributed by atoms with E-state index in [0.29, 0.717) is 48.7 Å². The normalized spacial score (nSPS) is 10.7. The Morgan fingerprint density at radius 3 is 1.17 bits per heavy atom. The monoisotopic (exact) mass is 630 g/mol. The average Bonchev–Trinajstić information content (AvgIpc) is 3.04. The van der Waals surface area contributed by atoms with Gasteiger partial charge in [0, 0.05) is 48.7 Å². The maximum atomic E-state index is 12.7. The predicted octanol–water partition coefficient (Wildman–Crippen LogP) is 3.69. The fourth-order valence-electron chi connectivity index (χ4n) is 4.30. The van der Waals surface area contributed by atoms with Crippen LogP contribution in [0.2, 0.25) is 0 Å². The molecule has 3 aromatic rings. The zero-order valence-corrected chi connectivity index (χ0v) is 27.1. The van der Waals surface area contributed by atoms with E-state index in [4.69, 9.17) is 0 Å². The Bertz CT molecular complexity index is 1300. The highest BCUT2D eigenvalue weighted by molar-refractivity contribution is 5.97. The van der Waals surface area contributed by atoms with Crippen LogP contribution in [0.15, 0.2) is 72.8 Å². The van der Waals surface area contributed by atoms with Gasteiger partial charge < -0.3 is 41.7 Å². The van der Waals surface area contributed by atoms with Crippen LogP contribution in [0, 0.1) is 0 Å². The molecular formula is C34H46N8O4. The summed E-state index contributed by atoms with van der Waals surface area (Å²) in [6, 6.07) is 20.4. The second-order valence-corrected chi connectivity index (χ2v) is 11.4. The van der Waals surface area contributed by atoms with Crippen LogP contribution in [0.5, 0.6) is 0 Å². The number of anilines is 2. The first-order chi connectivity index (χ1) is 22.1. The number of nitrogens with zero attached hydrogens (tertiary/aromatic N) is 2. The predicted molar refractivity (Wildman–Crippen MR) is 182 cm³/mol. The van der Waals surface area contributed by atoms with Gasteiger partial charge in [-0.05, 0) is 114 Å². The van der Waals surface area contributed by atoms with Crippen molar-refractivity contribution < 1.29 is 19.2 Å². The third-order valence-electron chi connectivity index (χ3n) is 6.87. The smallest absolute Gasteiger partial charge is 0.319 e. The van der Waals surface area contributed by atoms with E-state index < -0.39 is 0 Å². The molecule has 0 heterocycles. The summed E-state index contributed by atoms with van der Waals surface area (Å²) >= 11 is 0. The van der Waals surface area contributed by atoms with Gasteiger partial charge in [0.15, 0.2) is 0 Å². The van der Waals surface area contributed by atoms with E-state index in [2.05, 4.69) is 41.7 Å². The lowest BCUT2D eigenvalue weighted by Gasteiger charge is -2.11. The molecule has 0 unspecified atom stereocenters. The number of carbonyl (C=O) groups is 4. The van der Waals surface area contributed by atoms with E-state index in [1.807, 2.05) is 52.5 Å². The number of amides is 6. The van der Waals surface area contributed by atoms with Gasteiger partial charge in [-0.25, -0.2) is 9.59 Å². The summed E-state index contributed by atoms with van der Waals surface area (Å²) in [5.74, 6) is -0.524. The number of benzene rings is 3. The molecule has 0 spiro atoms. The molecule has 6 amide bonds. The number of hydrogen-bond acceptors (Lipinski definition) is 6. The number of carbonyl (C=O) groups excluding carboxylic acids is 4. The van der Waals surface area contributed by atoms with E-state index in [1.165, 1.54) is 0 Å². The number of nitrogens with one attached hydrogen (secondary N) is 6. The van der Waals surface area contributed by atoms with Crippen LogP contribution < -0.4 is 31.9 Å². The molecule has 0 aliphatic carbocycles. The fourth-order valence-corrected chi connectivity index (χ4v) is 4.30. The Morgan fingerprint density at radius 1 is 0.500 bits per heavy atom. The Hall–Kier alpha value is -4.94. The standard InChI is InChI=1S/C34H46N8O4/c1-41(2)21-5-19-35-33(45)39-29-15-7-25(8-16-29)23-37-31(43)27-11-13-28(14-12-27)32(44)38-24-26-9-17-30(18-10-26)40-34(46)36-20-6-22-42(3)4/h7-18H,5-6,19-24H2,1-4H3,(H,37,43)(H,38,44)(H2,35,39,45)(H2,36,40,46). The molecular weight excluding hydrogens is 584 g/mol. The molecule has 6 N–H and O–H groups in total. The topological polar surface area (TPSA) is 147 Å². The highest BCUT2D eigenvalue weighted by Crippen LogP contribution is 2.12. The molecule has 0 aliphatic heterocycles. The van der Waals surface area contributed by atoms with Crippen molar-refractivity contribution in [1.29, 1.82) is 0 Å². The van der Waals surface area contributed by atoms with E-state index >= 15 is 0 Å². The van der Waals surface area contributed by atoms with Crippen molar-refractivity contribution >= 4 is 35.3 Å². The molecule has 3 rings (SSSR count). The van der Waals surface area contributed by atoms with Gasteiger partial charge in [0.2, 0.25) is 0 Å². The maximum absolute atomic E-state index is 12.7. The van der Waals surface area contributed by atoms with Crippen LogP contribution in [-0.2, 0) is 13.1 Å². The van der Waals surface area contributed by atoms with Gasteiger partial charge in [-0.2, -0.15) is 0 Å². The lowest BCUT2D eigenvalue weighted by atomic mass is 10.1. The average molecular weight is 631 g/mol. The van der Waals surface area contributed by atoms with Gasteiger partial charge in [0.25, 0.3) is 11.8 Å². The van der Waals surface area contributed by atoms with Gasteiger partial charge in [-0.15, -0.1) is 0 Å². The molecule has 3 aromatic carbocycles. The zero-order chi connectivity index (χ0) is 33.3. The minimum atomic E-state index is -0.262. The van der Waals surface area contributed by atoms with Crippen LogP contribution >= 0.6 is 0 Å². The zero-order valence-electron chi connectivity index (χ0n) is 27.1. The number of rotatable bonds is 16. The third kappa shape index (κ3) is 13.4. The first kappa shape index (κ1) is 35.5. The van der Waals surface area contributed by atoms with E-state index in [9.17, 15) is 19.2 Å². The van der Waals surface area contributed by atoms with Crippen LogP contribution in [-0.4, -0.2) is 88.0 Å². The largest absolute Gasteiger partial charge is 0.348 e. The van der Waals surface area contributed by atoms with Crippen LogP contribution in [0.4, 0.5) is 21.0 Å². The molecule has 0 aromatic heterocycles. The van der Waals surface area contributed by atoms with Crippen molar-refractivity contribution in [2.75, 3.05) is 65.0 Å². The van der Waals surface area contributed by atoms with Crippen molar-refractivity contribution in [2.24, 2.45) is 0 Å². The van der Waals surface area contributed by atoms with Gasteiger partial charge in [-0.3, -0.25) is 9.59 Å². The highest BCUT2D eigenvalue weighted by atomic mass is 16.2. The van der Waals surface area contributed by atoms with Crippen molar-refractivity contribution in [3.05, 3.63) is 95.1 Å². The Labute approximate surface area is 271 Å². The van der Waals surface area contributed by atoms with E-state index in [-0.39, 0.29) is 23.9 Å². The van der Waals surface area contributed by atoms with Crippen molar-refractivity contribution in [2.45, 2.75) is 25.9 Å². The lowest BCUT2D eigenvalue weighted by molar-refractivity contribution is 0.0939. The molecule has 0 radical (unpaired) electrons. The second kappa shape index (κ2) is 18.8. The van der Waals surface area contributed by atoms with Crippen molar-refractivity contribution in [3.8, 4) is 0 Å². The Morgan fingerprint density at radius 2 is 0.848 bits per heavy atom.